The zero-order chi connectivity index (χ0) is 13.8. The van der Waals surface area contributed by atoms with E-state index in [4.69, 9.17) is 0 Å². The van der Waals surface area contributed by atoms with Crippen molar-refractivity contribution >= 4 is 11.5 Å². The number of anilines is 1. The number of nitro groups is 1. The molecule has 0 bridgehead atoms. The first-order valence-electron chi connectivity index (χ1n) is 5.65. The molecular weight excluding hydrogens is 249 g/mol. The van der Waals surface area contributed by atoms with Gasteiger partial charge in [-0.2, -0.15) is 0 Å². The quantitative estimate of drug-likeness (QED) is 0.678. The average Bonchev–Trinajstić information content (AvgIpc) is 2.39. The van der Waals surface area contributed by atoms with Crippen molar-refractivity contribution < 1.29 is 9.31 Å². The molecule has 0 fully saturated rings. The number of benzene rings is 1. The summed E-state index contributed by atoms with van der Waals surface area (Å²) in [6.07, 6.45) is 1.21. The molecule has 0 atom stereocenters. The molecule has 0 amide bonds. The summed E-state index contributed by atoms with van der Waals surface area (Å²) in [5.74, 6) is 0.295. The second-order valence-corrected chi connectivity index (χ2v) is 4.10. The van der Waals surface area contributed by atoms with E-state index in [9.17, 15) is 14.5 Å². The molecule has 0 radical (unpaired) electrons. The first-order valence-corrected chi connectivity index (χ1v) is 5.65. The van der Waals surface area contributed by atoms with E-state index in [0.29, 0.717) is 17.9 Å². The first kappa shape index (κ1) is 12.9. The minimum absolute atomic E-state index is 0.0372. The Balaban J connectivity index is 2.07. The Labute approximate surface area is 109 Å². The molecule has 98 valence electrons. The van der Waals surface area contributed by atoms with Crippen LogP contribution in [0.15, 0.2) is 36.5 Å². The highest BCUT2D eigenvalue weighted by atomic mass is 19.1. The van der Waals surface area contributed by atoms with Crippen LogP contribution in [0.3, 0.4) is 0 Å². The molecule has 0 saturated heterocycles. The van der Waals surface area contributed by atoms with Crippen molar-refractivity contribution in [1.82, 2.24) is 4.98 Å². The molecule has 0 unspecified atom stereocenters. The second kappa shape index (κ2) is 5.43. The van der Waals surface area contributed by atoms with E-state index in [2.05, 4.69) is 10.3 Å². The summed E-state index contributed by atoms with van der Waals surface area (Å²) in [5, 5.41) is 13.6. The van der Waals surface area contributed by atoms with Crippen LogP contribution < -0.4 is 5.32 Å². The van der Waals surface area contributed by atoms with E-state index in [1.54, 1.807) is 19.1 Å². The molecule has 1 aromatic heterocycles. The van der Waals surface area contributed by atoms with Crippen molar-refractivity contribution in [3.8, 4) is 0 Å². The number of rotatable bonds is 4. The summed E-state index contributed by atoms with van der Waals surface area (Å²) in [6.45, 7) is 2.22. The lowest BCUT2D eigenvalue weighted by Gasteiger charge is -2.08. The van der Waals surface area contributed by atoms with Crippen LogP contribution in [0.4, 0.5) is 15.9 Å². The highest BCUT2D eigenvalue weighted by molar-refractivity contribution is 5.48. The topological polar surface area (TPSA) is 68.1 Å². The SMILES string of the molecule is Cc1cc([N+](=O)[O-])cnc1NCc1ccc(F)cc1. The van der Waals surface area contributed by atoms with Crippen LogP contribution in [0.1, 0.15) is 11.1 Å². The lowest BCUT2D eigenvalue weighted by atomic mass is 10.2. The molecule has 2 aromatic rings. The van der Waals surface area contributed by atoms with Crippen molar-refractivity contribution in [3.63, 3.8) is 0 Å². The van der Waals surface area contributed by atoms with E-state index in [0.717, 1.165) is 5.56 Å². The molecule has 19 heavy (non-hydrogen) atoms. The maximum atomic E-state index is 12.7. The van der Waals surface area contributed by atoms with Gasteiger partial charge < -0.3 is 5.32 Å². The van der Waals surface area contributed by atoms with Crippen LogP contribution in [0, 0.1) is 22.9 Å². The fourth-order valence-electron chi connectivity index (χ4n) is 1.63. The third-order valence-electron chi connectivity index (χ3n) is 2.65. The molecule has 5 nitrogen and oxygen atoms in total. The van der Waals surface area contributed by atoms with E-state index in [1.807, 2.05) is 0 Å². The number of nitrogens with zero attached hydrogens (tertiary/aromatic N) is 2. The van der Waals surface area contributed by atoms with Crippen LogP contribution in [-0.2, 0) is 6.54 Å². The third kappa shape index (κ3) is 3.25. The molecular formula is C13H12FN3O2. The van der Waals surface area contributed by atoms with Gasteiger partial charge in [0.25, 0.3) is 5.69 Å². The van der Waals surface area contributed by atoms with Gasteiger partial charge in [0.15, 0.2) is 0 Å². The van der Waals surface area contributed by atoms with E-state index >= 15 is 0 Å². The Hall–Kier alpha value is -2.50. The van der Waals surface area contributed by atoms with Gasteiger partial charge in [-0.05, 0) is 30.2 Å². The largest absolute Gasteiger partial charge is 0.366 e. The van der Waals surface area contributed by atoms with Crippen LogP contribution >= 0.6 is 0 Å². The molecule has 2 rings (SSSR count). The molecule has 6 heteroatoms. The number of pyridine rings is 1. The van der Waals surface area contributed by atoms with Crippen LogP contribution in [0.2, 0.25) is 0 Å². The number of halogens is 1. The predicted molar refractivity (Wildman–Crippen MR) is 69.4 cm³/mol. The molecule has 0 aliphatic heterocycles. The lowest BCUT2D eigenvalue weighted by Crippen LogP contribution is -2.03. The van der Waals surface area contributed by atoms with Crippen molar-refractivity contribution in [2.75, 3.05) is 5.32 Å². The summed E-state index contributed by atoms with van der Waals surface area (Å²) in [6, 6.07) is 7.56. The van der Waals surface area contributed by atoms with Crippen molar-refractivity contribution in [1.29, 1.82) is 0 Å². The summed E-state index contributed by atoms with van der Waals surface area (Å²) < 4.78 is 12.7. The van der Waals surface area contributed by atoms with Gasteiger partial charge in [-0.25, -0.2) is 9.37 Å². The van der Waals surface area contributed by atoms with Gasteiger partial charge in [0, 0.05) is 12.6 Å². The van der Waals surface area contributed by atoms with Gasteiger partial charge in [-0.3, -0.25) is 10.1 Å². The minimum atomic E-state index is -0.482. The normalized spacial score (nSPS) is 10.2. The van der Waals surface area contributed by atoms with E-state index in [-0.39, 0.29) is 11.5 Å². The van der Waals surface area contributed by atoms with Crippen LogP contribution in [0.25, 0.3) is 0 Å². The highest BCUT2D eigenvalue weighted by Crippen LogP contribution is 2.18. The van der Waals surface area contributed by atoms with Gasteiger partial charge >= 0.3 is 0 Å². The third-order valence-corrected chi connectivity index (χ3v) is 2.65. The Morgan fingerprint density at radius 1 is 1.37 bits per heavy atom. The fraction of sp³-hybridized carbons (Fsp3) is 0.154. The number of hydrogen-bond acceptors (Lipinski definition) is 4. The number of hydrogen-bond donors (Lipinski definition) is 1. The average molecular weight is 261 g/mol. The molecule has 0 spiro atoms. The Morgan fingerprint density at radius 3 is 2.63 bits per heavy atom. The summed E-state index contributed by atoms with van der Waals surface area (Å²) in [7, 11) is 0. The zero-order valence-corrected chi connectivity index (χ0v) is 10.3. The summed E-state index contributed by atoms with van der Waals surface area (Å²) in [5.41, 5.74) is 1.56. The Morgan fingerprint density at radius 2 is 2.05 bits per heavy atom. The molecule has 0 aliphatic rings. The highest BCUT2D eigenvalue weighted by Gasteiger charge is 2.09. The standard InChI is InChI=1S/C13H12FN3O2/c1-9-6-12(17(18)19)8-16-13(9)15-7-10-2-4-11(14)5-3-10/h2-6,8H,7H2,1H3,(H,15,16). The van der Waals surface area contributed by atoms with Gasteiger partial charge in [-0.1, -0.05) is 12.1 Å². The van der Waals surface area contributed by atoms with Crippen LogP contribution in [-0.4, -0.2) is 9.91 Å². The maximum absolute atomic E-state index is 12.7. The second-order valence-electron chi connectivity index (χ2n) is 4.10. The summed E-state index contributed by atoms with van der Waals surface area (Å²) in [4.78, 5) is 14.1. The minimum Gasteiger partial charge on any atom is -0.366 e. The molecule has 1 aromatic carbocycles. The zero-order valence-electron chi connectivity index (χ0n) is 10.3. The van der Waals surface area contributed by atoms with Crippen molar-refractivity contribution in [2.24, 2.45) is 0 Å². The first-order chi connectivity index (χ1) is 9.06. The van der Waals surface area contributed by atoms with Crippen molar-refractivity contribution in [3.05, 3.63) is 63.6 Å². The molecule has 0 saturated carbocycles. The number of aromatic nitrogens is 1. The van der Waals surface area contributed by atoms with Gasteiger partial charge in [-0.15, -0.1) is 0 Å². The van der Waals surface area contributed by atoms with E-state index in [1.165, 1.54) is 24.4 Å². The van der Waals surface area contributed by atoms with Gasteiger partial charge in [0.1, 0.15) is 17.8 Å². The fourth-order valence-corrected chi connectivity index (χ4v) is 1.63. The van der Waals surface area contributed by atoms with Gasteiger partial charge in [0.2, 0.25) is 0 Å². The smallest absolute Gasteiger partial charge is 0.287 e. The van der Waals surface area contributed by atoms with E-state index < -0.39 is 4.92 Å². The molecule has 1 heterocycles. The van der Waals surface area contributed by atoms with Crippen LogP contribution in [0.5, 0.6) is 0 Å². The predicted octanol–water partition coefficient (Wildman–Crippen LogP) is 3.05. The number of aryl methyl sites for hydroxylation is 1. The summed E-state index contributed by atoms with van der Waals surface area (Å²) >= 11 is 0. The Kier molecular flexibility index (Phi) is 3.70. The maximum Gasteiger partial charge on any atom is 0.287 e. The Bertz CT molecular complexity index is 599. The van der Waals surface area contributed by atoms with Crippen molar-refractivity contribution in [2.45, 2.75) is 13.5 Å². The number of nitrogens with one attached hydrogen (secondary N) is 1. The molecule has 1 N–H and O–H groups in total. The van der Waals surface area contributed by atoms with Gasteiger partial charge in [0.05, 0.1) is 4.92 Å². The molecule has 0 aliphatic carbocycles. The lowest BCUT2D eigenvalue weighted by molar-refractivity contribution is -0.385. The monoisotopic (exact) mass is 261 g/mol.